The van der Waals surface area contributed by atoms with E-state index in [1.54, 1.807) is 0 Å². The first-order chi connectivity index (χ1) is 3.41. The lowest BCUT2D eigenvalue weighted by Gasteiger charge is -1.89. The Morgan fingerprint density at radius 1 is 1.71 bits per heavy atom. The van der Waals surface area contributed by atoms with Crippen LogP contribution in [0.3, 0.4) is 0 Å². The zero-order chi connectivity index (χ0) is 5.54. The maximum absolute atomic E-state index is 9.27. The monoisotopic (exact) mass is 105 g/mol. The van der Waals surface area contributed by atoms with Gasteiger partial charge in [0.15, 0.2) is 0 Å². The first-order valence-corrected chi connectivity index (χ1v) is 1.89. The van der Waals surface area contributed by atoms with Gasteiger partial charge in [0.05, 0.1) is 6.61 Å². The van der Waals surface area contributed by atoms with Gasteiger partial charge in [0.25, 0.3) is 0 Å². The van der Waals surface area contributed by atoms with E-state index < -0.39 is 0 Å². The fourth-order valence-electron chi connectivity index (χ4n) is 0.166. The lowest BCUT2D eigenvalue weighted by atomic mass is 10.7. The summed E-state index contributed by atoms with van der Waals surface area (Å²) in [7, 11) is 0. The van der Waals surface area contributed by atoms with E-state index in [1.807, 2.05) is 0 Å². The van der Waals surface area contributed by atoms with Gasteiger partial charge in [-0.2, -0.15) is 4.91 Å². The van der Waals surface area contributed by atoms with E-state index >= 15 is 0 Å². The minimum atomic E-state index is -0.338. The third kappa shape index (κ3) is 5.52. The Morgan fingerprint density at radius 3 is 2.86 bits per heavy atom. The largest absolute Gasteiger partial charge is 0.371 e. The molecule has 1 N–H and O–H groups in total. The van der Waals surface area contributed by atoms with E-state index in [-0.39, 0.29) is 19.9 Å². The van der Waals surface area contributed by atoms with Crippen LogP contribution >= 0.6 is 0 Å². The molecule has 0 spiro atoms. The highest BCUT2D eigenvalue weighted by Crippen LogP contribution is 1.70. The highest BCUT2D eigenvalue weighted by atomic mass is 16.6. The van der Waals surface area contributed by atoms with Gasteiger partial charge in [0, 0.05) is 0 Å². The van der Waals surface area contributed by atoms with Gasteiger partial charge in [-0.25, -0.2) is 0 Å². The molecule has 0 aliphatic heterocycles. The lowest BCUT2D eigenvalue weighted by molar-refractivity contribution is 0.00273. The SMILES string of the molecule is O=NCCOCO. The molecule has 0 rings (SSSR count). The van der Waals surface area contributed by atoms with Crippen molar-refractivity contribution in [3.8, 4) is 0 Å². The molecule has 0 fully saturated rings. The first-order valence-electron chi connectivity index (χ1n) is 1.89. The van der Waals surface area contributed by atoms with Crippen molar-refractivity contribution in [2.45, 2.75) is 0 Å². The molecule has 0 aromatic carbocycles. The molecule has 0 amide bonds. The van der Waals surface area contributed by atoms with Crippen LogP contribution in [-0.2, 0) is 4.74 Å². The van der Waals surface area contributed by atoms with Crippen LogP contribution in [0.2, 0.25) is 0 Å². The van der Waals surface area contributed by atoms with Crippen LogP contribution in [0.15, 0.2) is 5.18 Å². The summed E-state index contributed by atoms with van der Waals surface area (Å²) >= 11 is 0. The van der Waals surface area contributed by atoms with Crippen molar-refractivity contribution < 1.29 is 9.84 Å². The van der Waals surface area contributed by atoms with E-state index in [0.717, 1.165) is 0 Å². The van der Waals surface area contributed by atoms with E-state index in [2.05, 4.69) is 9.91 Å². The van der Waals surface area contributed by atoms with Gasteiger partial charge < -0.3 is 9.84 Å². The molecule has 0 unspecified atom stereocenters. The Morgan fingerprint density at radius 2 is 2.43 bits per heavy atom. The fourth-order valence-corrected chi connectivity index (χ4v) is 0.166. The first kappa shape index (κ1) is 6.52. The number of hydrogen-bond acceptors (Lipinski definition) is 4. The van der Waals surface area contributed by atoms with Crippen LogP contribution in [0.1, 0.15) is 0 Å². The average molecular weight is 105 g/mol. The van der Waals surface area contributed by atoms with Gasteiger partial charge in [0.2, 0.25) is 0 Å². The van der Waals surface area contributed by atoms with Crippen LogP contribution in [0, 0.1) is 4.91 Å². The third-order valence-electron chi connectivity index (χ3n) is 0.418. The molecule has 0 heterocycles. The number of aliphatic hydroxyl groups is 1. The van der Waals surface area contributed by atoms with Gasteiger partial charge in [-0.3, -0.25) is 0 Å². The highest BCUT2D eigenvalue weighted by molar-refractivity contribution is 4.33. The lowest BCUT2D eigenvalue weighted by Crippen LogP contribution is -1.97. The van der Waals surface area contributed by atoms with Crippen LogP contribution in [0.5, 0.6) is 0 Å². The number of nitrogens with zero attached hydrogens (tertiary/aromatic N) is 1. The molecular formula is C3H7NO3. The molecule has 0 saturated heterocycles. The van der Waals surface area contributed by atoms with Gasteiger partial charge >= 0.3 is 0 Å². The van der Waals surface area contributed by atoms with Gasteiger partial charge in [0.1, 0.15) is 13.3 Å². The summed E-state index contributed by atoms with van der Waals surface area (Å²) in [5, 5.41) is 10.4. The number of rotatable bonds is 4. The Hall–Kier alpha value is -0.480. The van der Waals surface area contributed by atoms with Crippen LogP contribution < -0.4 is 0 Å². The predicted molar refractivity (Wildman–Crippen MR) is 23.7 cm³/mol. The smallest absolute Gasteiger partial charge is 0.143 e. The molecule has 0 saturated carbocycles. The Bertz CT molecular complexity index is 47.4. The summed E-state index contributed by atoms with van der Waals surface area (Å²) < 4.78 is 4.34. The molecule has 0 radical (unpaired) electrons. The summed E-state index contributed by atoms with van der Waals surface area (Å²) in [5.41, 5.74) is 0. The maximum Gasteiger partial charge on any atom is 0.143 e. The highest BCUT2D eigenvalue weighted by Gasteiger charge is 1.79. The molecular weight excluding hydrogens is 98.0 g/mol. The van der Waals surface area contributed by atoms with Crippen molar-refractivity contribution in [2.75, 3.05) is 19.9 Å². The van der Waals surface area contributed by atoms with E-state index in [4.69, 9.17) is 5.11 Å². The predicted octanol–water partition coefficient (Wildman–Crippen LogP) is -0.281. The second kappa shape index (κ2) is 5.52. The summed E-state index contributed by atoms with van der Waals surface area (Å²) in [6, 6.07) is 0. The number of aliphatic hydroxyl groups excluding tert-OH is 1. The molecule has 0 aliphatic rings. The molecule has 4 nitrogen and oxygen atoms in total. The summed E-state index contributed by atoms with van der Waals surface area (Å²) in [6.45, 7) is -0.0178. The molecule has 0 aromatic heterocycles. The Balaban J connectivity index is 2.56. The van der Waals surface area contributed by atoms with Crippen molar-refractivity contribution in [1.82, 2.24) is 0 Å². The van der Waals surface area contributed by atoms with E-state index in [9.17, 15) is 4.91 Å². The van der Waals surface area contributed by atoms with Crippen LogP contribution in [-0.4, -0.2) is 25.1 Å². The zero-order valence-corrected chi connectivity index (χ0v) is 3.83. The molecule has 7 heavy (non-hydrogen) atoms. The maximum atomic E-state index is 9.27. The van der Waals surface area contributed by atoms with Crippen molar-refractivity contribution in [1.29, 1.82) is 0 Å². The second-order valence-corrected chi connectivity index (χ2v) is 0.890. The minimum Gasteiger partial charge on any atom is -0.371 e. The minimum absolute atomic E-state index is 0.112. The summed E-state index contributed by atoms with van der Waals surface area (Å²) in [6.07, 6.45) is 0. The summed E-state index contributed by atoms with van der Waals surface area (Å²) in [4.78, 5) is 9.27. The molecule has 0 aromatic rings. The van der Waals surface area contributed by atoms with Crippen LogP contribution in [0.4, 0.5) is 0 Å². The van der Waals surface area contributed by atoms with E-state index in [0.29, 0.717) is 0 Å². The Kier molecular flexibility index (Phi) is 5.14. The van der Waals surface area contributed by atoms with Crippen molar-refractivity contribution in [2.24, 2.45) is 5.18 Å². The molecule has 4 heteroatoms. The molecule has 0 atom stereocenters. The number of nitroso groups, excluding NO2 is 1. The Labute approximate surface area is 41.1 Å². The van der Waals surface area contributed by atoms with Crippen molar-refractivity contribution >= 4 is 0 Å². The second-order valence-electron chi connectivity index (χ2n) is 0.890. The van der Waals surface area contributed by atoms with Crippen LogP contribution in [0.25, 0.3) is 0 Å². The topological polar surface area (TPSA) is 58.9 Å². The average Bonchev–Trinajstić information content (AvgIpc) is 1.69. The van der Waals surface area contributed by atoms with Gasteiger partial charge in [-0.1, -0.05) is 5.18 Å². The molecule has 42 valence electrons. The van der Waals surface area contributed by atoms with Gasteiger partial charge in [-0.05, 0) is 0 Å². The molecule has 0 aliphatic carbocycles. The quantitative estimate of drug-likeness (QED) is 0.304. The van der Waals surface area contributed by atoms with Crippen molar-refractivity contribution in [3.63, 3.8) is 0 Å². The van der Waals surface area contributed by atoms with Gasteiger partial charge in [-0.15, -0.1) is 0 Å². The number of ether oxygens (including phenoxy) is 1. The number of hydrogen-bond donors (Lipinski definition) is 1. The normalized spacial score (nSPS) is 8.71. The third-order valence-corrected chi connectivity index (χ3v) is 0.418. The standard InChI is InChI=1S/C3H7NO3/c5-3-7-2-1-4-6/h5H,1-3H2. The zero-order valence-electron chi connectivity index (χ0n) is 3.83. The van der Waals surface area contributed by atoms with E-state index in [1.165, 1.54) is 0 Å². The van der Waals surface area contributed by atoms with Crippen molar-refractivity contribution in [3.05, 3.63) is 4.91 Å². The summed E-state index contributed by atoms with van der Waals surface area (Å²) in [5.74, 6) is 0. The fraction of sp³-hybridized carbons (Fsp3) is 1.00. The molecule has 0 bridgehead atoms.